The number of carbonyl (C=O) groups excluding carboxylic acids is 1. The van der Waals surface area contributed by atoms with Gasteiger partial charge in [-0.2, -0.15) is 0 Å². The standard InChI is InChI=1S/C17H22N2O2/c1-2-21-17(20)15-8-6-14(7-9-15)13-19-12-4-11-18-10-3-5-16(18)19/h5-9H,2-4,10-13H2,1H3. The lowest BCUT2D eigenvalue weighted by molar-refractivity contribution is 0.0526. The van der Waals surface area contributed by atoms with Crippen LogP contribution in [0.15, 0.2) is 36.2 Å². The molecule has 1 fully saturated rings. The molecular weight excluding hydrogens is 264 g/mol. The molecular formula is C17H22N2O2. The second kappa shape index (κ2) is 6.20. The van der Waals surface area contributed by atoms with Crippen LogP contribution in [0.1, 0.15) is 35.7 Å². The molecule has 0 saturated carbocycles. The summed E-state index contributed by atoms with van der Waals surface area (Å²) in [6.45, 7) is 6.60. The number of benzene rings is 1. The average Bonchev–Trinajstić information content (AvgIpc) is 2.98. The zero-order chi connectivity index (χ0) is 14.7. The van der Waals surface area contributed by atoms with E-state index in [2.05, 4.69) is 15.9 Å². The van der Waals surface area contributed by atoms with Gasteiger partial charge in [0.1, 0.15) is 5.82 Å². The highest BCUT2D eigenvalue weighted by atomic mass is 16.5. The van der Waals surface area contributed by atoms with E-state index in [0.717, 1.165) is 26.1 Å². The van der Waals surface area contributed by atoms with Gasteiger partial charge in [-0.1, -0.05) is 12.1 Å². The minimum absolute atomic E-state index is 0.244. The summed E-state index contributed by atoms with van der Waals surface area (Å²) in [5.41, 5.74) is 1.86. The lowest BCUT2D eigenvalue weighted by Gasteiger charge is -2.38. The molecule has 2 aliphatic rings. The molecule has 112 valence electrons. The van der Waals surface area contributed by atoms with Crippen LogP contribution in [-0.4, -0.2) is 42.0 Å². The van der Waals surface area contributed by atoms with Crippen LogP contribution in [-0.2, 0) is 11.3 Å². The molecule has 0 N–H and O–H groups in total. The summed E-state index contributed by atoms with van der Waals surface area (Å²) in [7, 11) is 0. The van der Waals surface area contributed by atoms with Crippen molar-refractivity contribution in [3.05, 3.63) is 47.3 Å². The van der Waals surface area contributed by atoms with Crippen molar-refractivity contribution in [2.45, 2.75) is 26.3 Å². The second-order valence-corrected chi connectivity index (χ2v) is 5.53. The summed E-state index contributed by atoms with van der Waals surface area (Å²) in [5, 5.41) is 0. The van der Waals surface area contributed by atoms with Crippen molar-refractivity contribution in [1.82, 2.24) is 9.80 Å². The molecule has 4 nitrogen and oxygen atoms in total. The van der Waals surface area contributed by atoms with E-state index in [4.69, 9.17) is 4.74 Å². The predicted molar refractivity (Wildman–Crippen MR) is 81.7 cm³/mol. The van der Waals surface area contributed by atoms with Gasteiger partial charge in [-0.3, -0.25) is 0 Å². The molecule has 1 aromatic carbocycles. The Labute approximate surface area is 126 Å². The molecule has 2 heterocycles. The third kappa shape index (κ3) is 3.04. The van der Waals surface area contributed by atoms with Crippen molar-refractivity contribution in [1.29, 1.82) is 0 Å². The highest BCUT2D eigenvalue weighted by Gasteiger charge is 2.24. The van der Waals surface area contributed by atoms with Crippen molar-refractivity contribution in [2.75, 3.05) is 26.2 Å². The number of rotatable bonds is 4. The van der Waals surface area contributed by atoms with Gasteiger partial charge in [0.05, 0.1) is 12.2 Å². The Balaban J connectivity index is 1.66. The third-order valence-electron chi connectivity index (χ3n) is 4.07. The Morgan fingerprint density at radius 1 is 1.19 bits per heavy atom. The molecule has 0 aliphatic carbocycles. The molecule has 0 atom stereocenters. The van der Waals surface area contributed by atoms with Gasteiger partial charge in [0, 0.05) is 26.2 Å². The van der Waals surface area contributed by atoms with Crippen molar-refractivity contribution in [2.24, 2.45) is 0 Å². The van der Waals surface area contributed by atoms with Gasteiger partial charge < -0.3 is 14.5 Å². The maximum atomic E-state index is 11.6. The fourth-order valence-corrected chi connectivity index (χ4v) is 3.06. The molecule has 0 bridgehead atoms. The number of hydrogen-bond acceptors (Lipinski definition) is 4. The quantitative estimate of drug-likeness (QED) is 0.797. The first kappa shape index (κ1) is 14.0. The molecule has 0 spiro atoms. The van der Waals surface area contributed by atoms with Crippen LogP contribution in [0.2, 0.25) is 0 Å². The lowest BCUT2D eigenvalue weighted by atomic mass is 10.1. The van der Waals surface area contributed by atoms with Gasteiger partial charge in [-0.15, -0.1) is 0 Å². The van der Waals surface area contributed by atoms with Crippen molar-refractivity contribution in [3.63, 3.8) is 0 Å². The Morgan fingerprint density at radius 3 is 2.76 bits per heavy atom. The molecule has 3 rings (SSSR count). The molecule has 21 heavy (non-hydrogen) atoms. The highest BCUT2D eigenvalue weighted by Crippen LogP contribution is 2.25. The number of nitrogens with zero attached hydrogens (tertiary/aromatic N) is 2. The molecule has 0 amide bonds. The van der Waals surface area contributed by atoms with E-state index in [1.54, 1.807) is 0 Å². The van der Waals surface area contributed by atoms with E-state index in [9.17, 15) is 4.79 Å². The van der Waals surface area contributed by atoms with E-state index in [1.807, 2.05) is 31.2 Å². The van der Waals surface area contributed by atoms with E-state index < -0.39 is 0 Å². The first-order chi connectivity index (χ1) is 10.3. The Morgan fingerprint density at radius 2 is 2.00 bits per heavy atom. The van der Waals surface area contributed by atoms with Gasteiger partial charge in [0.25, 0.3) is 0 Å². The van der Waals surface area contributed by atoms with Gasteiger partial charge in [0.15, 0.2) is 0 Å². The maximum absolute atomic E-state index is 11.6. The van der Waals surface area contributed by atoms with E-state index in [-0.39, 0.29) is 5.97 Å². The Kier molecular flexibility index (Phi) is 4.13. The molecule has 1 aromatic rings. The van der Waals surface area contributed by atoms with Crippen molar-refractivity contribution >= 4 is 5.97 Å². The lowest BCUT2D eigenvalue weighted by Crippen LogP contribution is -2.39. The summed E-state index contributed by atoms with van der Waals surface area (Å²) < 4.78 is 5.01. The molecule has 2 aliphatic heterocycles. The maximum Gasteiger partial charge on any atom is 0.338 e. The smallest absolute Gasteiger partial charge is 0.338 e. The van der Waals surface area contributed by atoms with Crippen LogP contribution in [0.3, 0.4) is 0 Å². The number of fused-ring (bicyclic) bond motifs is 1. The van der Waals surface area contributed by atoms with Gasteiger partial charge in [-0.05, 0) is 43.5 Å². The monoisotopic (exact) mass is 286 g/mol. The molecule has 1 saturated heterocycles. The fourth-order valence-electron chi connectivity index (χ4n) is 3.06. The normalized spacial score (nSPS) is 17.5. The van der Waals surface area contributed by atoms with Crippen LogP contribution in [0, 0.1) is 0 Å². The molecule has 0 unspecified atom stereocenters. The Hall–Kier alpha value is -1.97. The number of carbonyl (C=O) groups is 1. The second-order valence-electron chi connectivity index (χ2n) is 5.53. The largest absolute Gasteiger partial charge is 0.462 e. The van der Waals surface area contributed by atoms with E-state index in [1.165, 1.54) is 24.4 Å². The number of ether oxygens (including phenoxy) is 1. The SMILES string of the molecule is CCOC(=O)c1ccc(CN2CCCN3CCC=C32)cc1. The molecule has 0 radical (unpaired) electrons. The highest BCUT2D eigenvalue weighted by molar-refractivity contribution is 5.89. The van der Waals surface area contributed by atoms with E-state index in [0.29, 0.717) is 12.2 Å². The summed E-state index contributed by atoms with van der Waals surface area (Å²) >= 11 is 0. The molecule has 0 aromatic heterocycles. The minimum Gasteiger partial charge on any atom is -0.462 e. The van der Waals surface area contributed by atoms with Crippen LogP contribution in [0.4, 0.5) is 0 Å². The zero-order valence-corrected chi connectivity index (χ0v) is 12.5. The first-order valence-electron chi connectivity index (χ1n) is 7.74. The summed E-state index contributed by atoms with van der Waals surface area (Å²) in [6.07, 6.45) is 4.72. The zero-order valence-electron chi connectivity index (χ0n) is 12.5. The van der Waals surface area contributed by atoms with Gasteiger partial charge >= 0.3 is 5.97 Å². The third-order valence-corrected chi connectivity index (χ3v) is 4.07. The van der Waals surface area contributed by atoms with Gasteiger partial charge in [-0.25, -0.2) is 4.79 Å². The average molecular weight is 286 g/mol. The summed E-state index contributed by atoms with van der Waals surface area (Å²) in [6, 6.07) is 7.78. The molecule has 4 heteroatoms. The minimum atomic E-state index is -0.244. The van der Waals surface area contributed by atoms with E-state index >= 15 is 0 Å². The number of esters is 1. The fraction of sp³-hybridized carbons (Fsp3) is 0.471. The van der Waals surface area contributed by atoms with Crippen molar-refractivity contribution in [3.8, 4) is 0 Å². The first-order valence-corrected chi connectivity index (χ1v) is 7.74. The summed E-state index contributed by atoms with van der Waals surface area (Å²) in [5.74, 6) is 1.14. The van der Waals surface area contributed by atoms with Crippen LogP contribution < -0.4 is 0 Å². The van der Waals surface area contributed by atoms with Gasteiger partial charge in [0.2, 0.25) is 0 Å². The van der Waals surface area contributed by atoms with Crippen LogP contribution in [0.5, 0.6) is 0 Å². The van der Waals surface area contributed by atoms with Crippen molar-refractivity contribution < 1.29 is 9.53 Å². The number of hydrogen-bond donors (Lipinski definition) is 0. The Bertz CT molecular complexity index is 536. The summed E-state index contributed by atoms with van der Waals surface area (Å²) in [4.78, 5) is 16.6. The predicted octanol–water partition coefficient (Wildman–Crippen LogP) is 2.62. The van der Waals surface area contributed by atoms with Crippen LogP contribution >= 0.6 is 0 Å². The van der Waals surface area contributed by atoms with Crippen LogP contribution in [0.25, 0.3) is 0 Å². The topological polar surface area (TPSA) is 32.8 Å².